The van der Waals surface area contributed by atoms with E-state index in [1.165, 1.54) is 12.8 Å². The molecular formula is C11H16ClNO. The summed E-state index contributed by atoms with van der Waals surface area (Å²) in [5.41, 5.74) is 6.23. The van der Waals surface area contributed by atoms with Gasteiger partial charge in [0.15, 0.2) is 0 Å². The maximum absolute atomic E-state index is 5.94. The molecule has 0 amide bonds. The molecule has 0 heterocycles. The van der Waals surface area contributed by atoms with E-state index in [2.05, 4.69) is 6.92 Å². The lowest BCUT2D eigenvalue weighted by Crippen LogP contribution is -1.97. The van der Waals surface area contributed by atoms with Crippen molar-refractivity contribution < 1.29 is 4.74 Å². The van der Waals surface area contributed by atoms with E-state index in [4.69, 9.17) is 22.1 Å². The van der Waals surface area contributed by atoms with Crippen molar-refractivity contribution in [1.82, 2.24) is 0 Å². The van der Waals surface area contributed by atoms with Gasteiger partial charge in [-0.3, -0.25) is 0 Å². The smallest absolute Gasteiger partial charge is 0.138 e. The molecule has 1 aromatic carbocycles. The van der Waals surface area contributed by atoms with Crippen LogP contribution in [0.1, 0.15) is 26.2 Å². The molecule has 0 unspecified atom stereocenters. The maximum Gasteiger partial charge on any atom is 0.138 e. The second-order valence-corrected chi connectivity index (χ2v) is 3.65. The Bertz CT molecular complexity index is 289. The van der Waals surface area contributed by atoms with Gasteiger partial charge in [-0.2, -0.15) is 0 Å². The minimum atomic E-state index is 0.585. The van der Waals surface area contributed by atoms with Gasteiger partial charge in [0, 0.05) is 5.69 Å². The van der Waals surface area contributed by atoms with Crippen LogP contribution in [0.2, 0.25) is 5.02 Å². The van der Waals surface area contributed by atoms with Crippen LogP contribution in [0, 0.1) is 0 Å². The zero-order valence-electron chi connectivity index (χ0n) is 8.42. The highest BCUT2D eigenvalue weighted by Crippen LogP contribution is 2.26. The van der Waals surface area contributed by atoms with E-state index in [0.717, 1.165) is 18.8 Å². The Labute approximate surface area is 90.0 Å². The van der Waals surface area contributed by atoms with Crippen LogP contribution in [0.3, 0.4) is 0 Å². The van der Waals surface area contributed by atoms with Gasteiger partial charge in [-0.25, -0.2) is 0 Å². The molecule has 0 spiro atoms. The fourth-order valence-corrected chi connectivity index (χ4v) is 1.41. The van der Waals surface area contributed by atoms with Crippen LogP contribution >= 0.6 is 11.6 Å². The number of benzene rings is 1. The van der Waals surface area contributed by atoms with E-state index in [9.17, 15) is 0 Å². The summed E-state index contributed by atoms with van der Waals surface area (Å²) in [6, 6.07) is 5.31. The molecule has 14 heavy (non-hydrogen) atoms. The molecule has 0 fully saturated rings. The summed E-state index contributed by atoms with van der Waals surface area (Å²) >= 11 is 5.94. The number of halogens is 1. The largest absolute Gasteiger partial charge is 0.492 e. The Balaban J connectivity index is 2.42. The van der Waals surface area contributed by atoms with E-state index >= 15 is 0 Å². The number of rotatable bonds is 5. The molecule has 1 rings (SSSR count). The quantitative estimate of drug-likeness (QED) is 0.600. The molecule has 0 bridgehead atoms. The first-order valence-electron chi connectivity index (χ1n) is 4.92. The van der Waals surface area contributed by atoms with Crippen LogP contribution < -0.4 is 10.5 Å². The molecular weight excluding hydrogens is 198 g/mol. The van der Waals surface area contributed by atoms with Gasteiger partial charge in [0.2, 0.25) is 0 Å². The van der Waals surface area contributed by atoms with Crippen molar-refractivity contribution in [2.45, 2.75) is 26.2 Å². The third-order valence-electron chi connectivity index (χ3n) is 1.96. The molecule has 0 atom stereocenters. The van der Waals surface area contributed by atoms with Gasteiger partial charge in [0.1, 0.15) is 5.75 Å². The van der Waals surface area contributed by atoms with Crippen molar-refractivity contribution in [3.05, 3.63) is 23.2 Å². The third kappa shape index (κ3) is 3.46. The summed E-state index contributed by atoms with van der Waals surface area (Å²) < 4.78 is 5.51. The molecule has 0 saturated heterocycles. The molecule has 3 heteroatoms. The Morgan fingerprint density at radius 3 is 2.79 bits per heavy atom. The van der Waals surface area contributed by atoms with Crippen molar-refractivity contribution in [3.63, 3.8) is 0 Å². The average Bonchev–Trinajstić information content (AvgIpc) is 2.15. The summed E-state index contributed by atoms with van der Waals surface area (Å²) in [4.78, 5) is 0. The van der Waals surface area contributed by atoms with E-state index in [1.54, 1.807) is 12.1 Å². The van der Waals surface area contributed by atoms with Gasteiger partial charge in [-0.1, -0.05) is 31.4 Å². The van der Waals surface area contributed by atoms with Gasteiger partial charge in [-0.15, -0.1) is 0 Å². The fourth-order valence-electron chi connectivity index (χ4n) is 1.17. The number of anilines is 1. The molecule has 78 valence electrons. The number of unbranched alkanes of at least 4 members (excludes halogenated alkanes) is 2. The van der Waals surface area contributed by atoms with E-state index in [-0.39, 0.29) is 0 Å². The third-order valence-corrected chi connectivity index (χ3v) is 2.26. The second kappa shape index (κ2) is 5.76. The predicted octanol–water partition coefficient (Wildman–Crippen LogP) is 3.49. The minimum absolute atomic E-state index is 0.585. The zero-order valence-corrected chi connectivity index (χ0v) is 9.18. The molecule has 0 radical (unpaired) electrons. The van der Waals surface area contributed by atoms with Gasteiger partial charge in [0.05, 0.1) is 11.6 Å². The van der Waals surface area contributed by atoms with Crippen LogP contribution in [-0.4, -0.2) is 6.61 Å². The molecule has 0 aliphatic carbocycles. The van der Waals surface area contributed by atoms with Crippen LogP contribution in [-0.2, 0) is 0 Å². The molecule has 0 aliphatic rings. The molecule has 0 aliphatic heterocycles. The second-order valence-electron chi connectivity index (χ2n) is 3.25. The van der Waals surface area contributed by atoms with Gasteiger partial charge >= 0.3 is 0 Å². The van der Waals surface area contributed by atoms with E-state index in [1.807, 2.05) is 6.07 Å². The predicted molar refractivity (Wildman–Crippen MR) is 60.9 cm³/mol. The van der Waals surface area contributed by atoms with Crippen molar-refractivity contribution in [2.75, 3.05) is 12.3 Å². The molecule has 0 aromatic heterocycles. The van der Waals surface area contributed by atoms with Crippen molar-refractivity contribution in [1.29, 1.82) is 0 Å². The molecule has 2 nitrogen and oxygen atoms in total. The molecule has 1 aromatic rings. The van der Waals surface area contributed by atoms with E-state index in [0.29, 0.717) is 10.7 Å². The summed E-state index contributed by atoms with van der Waals surface area (Å²) in [5, 5.41) is 0.585. The van der Waals surface area contributed by atoms with Gasteiger partial charge < -0.3 is 10.5 Å². The highest BCUT2D eigenvalue weighted by Gasteiger charge is 2.00. The standard InChI is InChI=1S/C11H16ClNO/c1-2-3-4-7-14-11-6-5-9(13)8-10(11)12/h5-6,8H,2-4,7,13H2,1H3. The lowest BCUT2D eigenvalue weighted by Gasteiger charge is -2.07. The first kappa shape index (κ1) is 11.2. The number of nitrogens with two attached hydrogens (primary N) is 1. The summed E-state index contributed by atoms with van der Waals surface area (Å²) in [6.45, 7) is 2.88. The van der Waals surface area contributed by atoms with Crippen LogP contribution in [0.25, 0.3) is 0 Å². The normalized spacial score (nSPS) is 10.1. The average molecular weight is 214 g/mol. The van der Waals surface area contributed by atoms with Crippen LogP contribution in [0.4, 0.5) is 5.69 Å². The Morgan fingerprint density at radius 2 is 2.14 bits per heavy atom. The minimum Gasteiger partial charge on any atom is -0.492 e. The van der Waals surface area contributed by atoms with Crippen LogP contribution in [0.5, 0.6) is 5.75 Å². The van der Waals surface area contributed by atoms with Crippen molar-refractivity contribution in [3.8, 4) is 5.75 Å². The maximum atomic E-state index is 5.94. The van der Waals surface area contributed by atoms with Gasteiger partial charge in [-0.05, 0) is 24.6 Å². The van der Waals surface area contributed by atoms with Crippen molar-refractivity contribution >= 4 is 17.3 Å². The molecule has 2 N–H and O–H groups in total. The Kier molecular flexibility index (Phi) is 4.60. The summed E-state index contributed by atoms with van der Waals surface area (Å²) in [7, 11) is 0. The lowest BCUT2D eigenvalue weighted by molar-refractivity contribution is 0.306. The number of hydrogen-bond donors (Lipinski definition) is 1. The first-order valence-corrected chi connectivity index (χ1v) is 5.29. The first-order chi connectivity index (χ1) is 6.74. The molecule has 0 saturated carbocycles. The number of ether oxygens (including phenoxy) is 1. The zero-order chi connectivity index (χ0) is 10.4. The SMILES string of the molecule is CCCCCOc1ccc(N)cc1Cl. The lowest BCUT2D eigenvalue weighted by atomic mass is 10.2. The highest BCUT2D eigenvalue weighted by molar-refractivity contribution is 6.32. The fraction of sp³-hybridized carbons (Fsp3) is 0.455. The van der Waals surface area contributed by atoms with Crippen molar-refractivity contribution in [2.24, 2.45) is 0 Å². The van der Waals surface area contributed by atoms with E-state index < -0.39 is 0 Å². The number of hydrogen-bond acceptors (Lipinski definition) is 2. The monoisotopic (exact) mass is 213 g/mol. The van der Waals surface area contributed by atoms with Crippen LogP contribution in [0.15, 0.2) is 18.2 Å². The Morgan fingerprint density at radius 1 is 1.36 bits per heavy atom. The highest BCUT2D eigenvalue weighted by atomic mass is 35.5. The Hall–Kier alpha value is -0.890. The summed E-state index contributed by atoms with van der Waals surface area (Å²) in [5.74, 6) is 0.719. The topological polar surface area (TPSA) is 35.2 Å². The van der Waals surface area contributed by atoms with Gasteiger partial charge in [0.25, 0.3) is 0 Å². The summed E-state index contributed by atoms with van der Waals surface area (Å²) in [6.07, 6.45) is 3.45. The number of nitrogen functional groups attached to an aromatic ring is 1.